The van der Waals surface area contributed by atoms with Crippen molar-refractivity contribution in [1.82, 2.24) is 0 Å². The van der Waals surface area contributed by atoms with Crippen molar-refractivity contribution in [3.63, 3.8) is 0 Å². The van der Waals surface area contributed by atoms with Gasteiger partial charge in [-0.2, -0.15) is 0 Å². The minimum Gasteiger partial charge on any atom is -0.124 e. The molecule has 6 atom stereocenters. The van der Waals surface area contributed by atoms with E-state index in [-0.39, 0.29) is 0 Å². The Labute approximate surface area is 141 Å². The Morgan fingerprint density at radius 2 is 1.55 bits per heavy atom. The third-order valence-electron chi connectivity index (χ3n) is 7.24. The highest BCUT2D eigenvalue weighted by Crippen LogP contribution is 2.69. The van der Waals surface area contributed by atoms with Crippen LogP contribution >= 0.6 is 0 Å². The van der Waals surface area contributed by atoms with Crippen LogP contribution in [0.3, 0.4) is 0 Å². The molecule has 0 amide bonds. The number of rotatable bonds is 1. The van der Waals surface area contributed by atoms with E-state index in [2.05, 4.69) is 40.5 Å². The lowest BCUT2D eigenvalue weighted by Crippen LogP contribution is -2.28. The molecule has 0 saturated heterocycles. The third kappa shape index (κ3) is 3.39. The van der Waals surface area contributed by atoms with Crippen LogP contribution in [0.4, 0.5) is 0 Å². The topological polar surface area (TPSA) is 0 Å². The summed E-state index contributed by atoms with van der Waals surface area (Å²) < 4.78 is 0. The lowest BCUT2D eigenvalue weighted by molar-refractivity contribution is 0.134. The molecule has 0 bridgehead atoms. The van der Waals surface area contributed by atoms with E-state index in [1.807, 2.05) is 27.7 Å². The van der Waals surface area contributed by atoms with E-state index in [1.165, 1.54) is 25.7 Å². The van der Waals surface area contributed by atoms with Gasteiger partial charge in [-0.25, -0.2) is 0 Å². The summed E-state index contributed by atoms with van der Waals surface area (Å²) in [5.41, 5.74) is 1.41. The predicted octanol–water partition coefficient (Wildman–Crippen LogP) is 7.19. The van der Waals surface area contributed by atoms with Gasteiger partial charge in [0.25, 0.3) is 0 Å². The van der Waals surface area contributed by atoms with Gasteiger partial charge in [-0.05, 0) is 60.2 Å². The first-order valence-corrected chi connectivity index (χ1v) is 9.84. The molecule has 0 aromatic rings. The average Bonchev–Trinajstić information content (AvgIpc) is 3.15. The minimum absolute atomic E-state index is 0.665. The van der Waals surface area contributed by atoms with Crippen molar-refractivity contribution in [1.29, 1.82) is 0 Å². The molecule has 0 nitrogen and oxygen atoms in total. The van der Waals surface area contributed by atoms with Crippen molar-refractivity contribution in [2.24, 2.45) is 34.5 Å². The van der Waals surface area contributed by atoms with Crippen molar-refractivity contribution in [2.45, 2.75) is 93.9 Å². The fourth-order valence-corrected chi connectivity index (χ4v) is 5.88. The lowest BCUT2D eigenvalue weighted by Gasteiger charge is -2.36. The van der Waals surface area contributed by atoms with Crippen LogP contribution in [0.25, 0.3) is 0 Å². The summed E-state index contributed by atoms with van der Waals surface area (Å²) in [6.45, 7) is 18.1. The average molecular weight is 307 g/mol. The van der Waals surface area contributed by atoms with E-state index in [1.54, 1.807) is 12.8 Å². The van der Waals surface area contributed by atoms with Gasteiger partial charge in [-0.3, -0.25) is 0 Å². The molecule has 6 unspecified atom stereocenters. The van der Waals surface area contributed by atoms with Crippen LogP contribution in [0, 0.1) is 47.3 Å². The van der Waals surface area contributed by atoms with Crippen LogP contribution in [0.15, 0.2) is 0 Å². The molecule has 22 heavy (non-hydrogen) atoms. The Bertz CT molecular complexity index is 328. The van der Waals surface area contributed by atoms with E-state index >= 15 is 0 Å². The van der Waals surface area contributed by atoms with Crippen LogP contribution < -0.4 is 0 Å². The van der Waals surface area contributed by atoms with Crippen molar-refractivity contribution >= 4 is 0 Å². The molecule has 3 fully saturated rings. The van der Waals surface area contributed by atoms with Gasteiger partial charge in [0.15, 0.2) is 0 Å². The second kappa shape index (κ2) is 9.00. The number of fused-ring (bicyclic) bond motifs is 3. The maximum Gasteiger partial charge on any atom is -0.0271 e. The Kier molecular flexibility index (Phi) is 8.82. The van der Waals surface area contributed by atoms with Gasteiger partial charge in [-0.1, -0.05) is 68.2 Å². The molecule has 3 saturated carbocycles. The van der Waals surface area contributed by atoms with Crippen LogP contribution in [-0.4, -0.2) is 0 Å². The molecule has 0 heteroatoms. The van der Waals surface area contributed by atoms with Crippen LogP contribution in [-0.2, 0) is 0 Å². The van der Waals surface area contributed by atoms with E-state index < -0.39 is 0 Å². The zero-order valence-electron chi connectivity index (χ0n) is 16.7. The quantitative estimate of drug-likeness (QED) is 0.450. The molecule has 0 aromatic carbocycles. The molecular weight excluding hydrogens is 264 g/mol. The summed E-state index contributed by atoms with van der Waals surface area (Å²) in [6, 6.07) is 0. The Morgan fingerprint density at radius 1 is 1.00 bits per heavy atom. The van der Waals surface area contributed by atoms with E-state index in [9.17, 15) is 0 Å². The molecular formula is C22H42. The first-order chi connectivity index (χ1) is 10.5. The molecule has 0 aliphatic heterocycles. The van der Waals surface area contributed by atoms with Gasteiger partial charge in [0.05, 0.1) is 0 Å². The van der Waals surface area contributed by atoms with Crippen LogP contribution in [0.2, 0.25) is 0 Å². The fourth-order valence-electron chi connectivity index (χ4n) is 5.88. The first-order valence-electron chi connectivity index (χ1n) is 9.84. The van der Waals surface area contributed by atoms with Gasteiger partial charge >= 0.3 is 0 Å². The molecule has 3 aliphatic rings. The minimum atomic E-state index is 0.665. The van der Waals surface area contributed by atoms with E-state index in [4.69, 9.17) is 0 Å². The third-order valence-corrected chi connectivity index (χ3v) is 7.24. The predicted molar refractivity (Wildman–Crippen MR) is 102 cm³/mol. The van der Waals surface area contributed by atoms with Crippen LogP contribution in [0.5, 0.6) is 0 Å². The summed E-state index contributed by atoms with van der Waals surface area (Å²) in [5.74, 6) is 4.21. The Hall–Kier alpha value is -0.440. The van der Waals surface area contributed by atoms with Crippen LogP contribution in [0.1, 0.15) is 93.9 Å². The van der Waals surface area contributed by atoms with E-state index in [0.29, 0.717) is 5.41 Å². The SMILES string of the molecule is C#C.CC.CC.CCC1(C)C(C)CC2C3CCCC3(C)CC21. The molecule has 0 N–H and O–H groups in total. The molecule has 0 radical (unpaired) electrons. The zero-order valence-corrected chi connectivity index (χ0v) is 16.7. The van der Waals surface area contributed by atoms with Gasteiger partial charge in [-0.15, -0.1) is 12.8 Å². The lowest BCUT2D eigenvalue weighted by atomic mass is 9.69. The summed E-state index contributed by atoms with van der Waals surface area (Å²) in [5, 5.41) is 0. The van der Waals surface area contributed by atoms with Gasteiger partial charge in [0.2, 0.25) is 0 Å². The van der Waals surface area contributed by atoms with Crippen molar-refractivity contribution in [3.05, 3.63) is 0 Å². The van der Waals surface area contributed by atoms with Gasteiger partial charge < -0.3 is 0 Å². The number of terminal acetylenes is 1. The molecule has 0 spiro atoms. The standard InChI is InChI=1S/C16H28.2C2H6.C2H2/c1-5-16(4)11(2)9-12-13-7-6-8-15(13,3)10-14(12)16;3*1-2/h11-14H,5-10H2,1-4H3;2*1-2H3;1-2H. The molecule has 3 aliphatic carbocycles. The van der Waals surface area contributed by atoms with Crippen molar-refractivity contribution < 1.29 is 0 Å². The highest BCUT2D eigenvalue weighted by atomic mass is 14.7. The number of hydrogen-bond acceptors (Lipinski definition) is 0. The zero-order chi connectivity index (χ0) is 17.6. The fraction of sp³-hybridized carbons (Fsp3) is 0.909. The molecule has 0 heterocycles. The van der Waals surface area contributed by atoms with Crippen molar-refractivity contribution in [2.75, 3.05) is 0 Å². The molecule has 130 valence electrons. The Balaban J connectivity index is 0.000000661. The van der Waals surface area contributed by atoms with Crippen molar-refractivity contribution in [3.8, 4) is 12.8 Å². The normalized spacial score (nSPS) is 44.3. The summed E-state index contributed by atoms with van der Waals surface area (Å²) in [6.07, 6.45) is 17.1. The Morgan fingerprint density at radius 3 is 2.05 bits per heavy atom. The second-order valence-electron chi connectivity index (χ2n) is 7.62. The summed E-state index contributed by atoms with van der Waals surface area (Å²) in [4.78, 5) is 0. The first kappa shape index (κ1) is 21.6. The maximum atomic E-state index is 4.00. The summed E-state index contributed by atoms with van der Waals surface area (Å²) >= 11 is 0. The smallest absolute Gasteiger partial charge is 0.0271 e. The monoisotopic (exact) mass is 306 g/mol. The largest absolute Gasteiger partial charge is 0.124 e. The highest BCUT2D eigenvalue weighted by molar-refractivity contribution is 5.10. The summed E-state index contributed by atoms with van der Waals surface area (Å²) in [7, 11) is 0. The highest BCUT2D eigenvalue weighted by Gasteiger charge is 2.61. The van der Waals surface area contributed by atoms with Gasteiger partial charge in [0.1, 0.15) is 0 Å². The second-order valence-corrected chi connectivity index (χ2v) is 7.62. The van der Waals surface area contributed by atoms with E-state index in [0.717, 1.165) is 29.1 Å². The molecule has 3 rings (SSSR count). The van der Waals surface area contributed by atoms with Gasteiger partial charge in [0, 0.05) is 0 Å². The maximum absolute atomic E-state index is 4.00. The molecule has 0 aromatic heterocycles. The number of hydrogen-bond donors (Lipinski definition) is 0.